The van der Waals surface area contributed by atoms with Gasteiger partial charge in [0.25, 0.3) is 0 Å². The van der Waals surface area contributed by atoms with Gasteiger partial charge in [0.2, 0.25) is 5.91 Å². The van der Waals surface area contributed by atoms with E-state index < -0.39 is 54.5 Å². The second-order valence-electron chi connectivity index (χ2n) is 6.04. The molecule has 0 saturated carbocycles. The summed E-state index contributed by atoms with van der Waals surface area (Å²) in [6, 6.07) is -0.989. The number of terminal acetylenes is 1. The molecule has 156 valence electrons. The third-order valence-corrected chi connectivity index (χ3v) is 3.60. The van der Waals surface area contributed by atoms with Crippen molar-refractivity contribution >= 4 is 23.8 Å². The van der Waals surface area contributed by atoms with Gasteiger partial charge < -0.3 is 29.0 Å². The third kappa shape index (κ3) is 7.54. The molecule has 10 heteroatoms. The number of carbonyl (C=O) groups excluding carboxylic acids is 4. The van der Waals surface area contributed by atoms with E-state index in [0.717, 1.165) is 6.92 Å². The molecule has 1 fully saturated rings. The van der Waals surface area contributed by atoms with Crippen LogP contribution in [0, 0.1) is 12.3 Å². The highest BCUT2D eigenvalue weighted by Gasteiger charge is 2.51. The van der Waals surface area contributed by atoms with Gasteiger partial charge >= 0.3 is 17.9 Å². The smallest absolute Gasteiger partial charge is 0.303 e. The quantitative estimate of drug-likeness (QED) is 0.253. The predicted molar refractivity (Wildman–Crippen MR) is 93.4 cm³/mol. The number of carbonyl (C=O) groups is 4. The van der Waals surface area contributed by atoms with Crippen LogP contribution < -0.4 is 5.32 Å². The van der Waals surface area contributed by atoms with E-state index in [1.54, 1.807) is 0 Å². The van der Waals surface area contributed by atoms with E-state index in [9.17, 15) is 19.2 Å². The summed E-state index contributed by atoms with van der Waals surface area (Å²) in [5.74, 6) is 0.0248. The lowest BCUT2D eigenvalue weighted by Crippen LogP contribution is -2.66. The molecule has 10 nitrogen and oxygen atoms in total. The van der Waals surface area contributed by atoms with Gasteiger partial charge in [0.15, 0.2) is 18.5 Å². The van der Waals surface area contributed by atoms with Crippen LogP contribution in [-0.4, -0.2) is 67.7 Å². The number of ether oxygens (including phenoxy) is 5. The Bertz CT molecular complexity index is 627. The van der Waals surface area contributed by atoms with Crippen molar-refractivity contribution < 1.29 is 42.9 Å². The van der Waals surface area contributed by atoms with Crippen molar-refractivity contribution in [1.82, 2.24) is 5.32 Å². The first kappa shape index (κ1) is 23.4. The summed E-state index contributed by atoms with van der Waals surface area (Å²) < 4.78 is 26.9. The zero-order valence-electron chi connectivity index (χ0n) is 16.3. The molecule has 28 heavy (non-hydrogen) atoms. The van der Waals surface area contributed by atoms with Gasteiger partial charge in [-0.05, 0) is 0 Å². The van der Waals surface area contributed by atoms with Gasteiger partial charge in [0.1, 0.15) is 18.8 Å². The Labute approximate surface area is 163 Å². The van der Waals surface area contributed by atoms with Crippen LogP contribution in [0.5, 0.6) is 0 Å². The average molecular weight is 399 g/mol. The summed E-state index contributed by atoms with van der Waals surface area (Å²) in [6.45, 7) is 4.61. The minimum absolute atomic E-state index is 0.0998. The molecule has 0 aliphatic carbocycles. The van der Waals surface area contributed by atoms with Crippen molar-refractivity contribution in [3.63, 3.8) is 0 Å². The number of rotatable bonds is 8. The molecule has 1 aliphatic rings. The molecular formula is C18H25NO9. The summed E-state index contributed by atoms with van der Waals surface area (Å²) in [5.41, 5.74) is 0. The molecule has 1 aliphatic heterocycles. The summed E-state index contributed by atoms with van der Waals surface area (Å²) in [5, 5.41) is 2.59. The van der Waals surface area contributed by atoms with Crippen LogP contribution >= 0.6 is 0 Å². The molecule has 0 spiro atoms. The van der Waals surface area contributed by atoms with Gasteiger partial charge in [-0.25, -0.2) is 0 Å². The largest absolute Gasteiger partial charge is 0.463 e. The highest BCUT2D eigenvalue weighted by molar-refractivity contribution is 5.73. The Kier molecular flexibility index (Phi) is 9.41. The Morgan fingerprint density at radius 3 is 2.11 bits per heavy atom. The molecule has 0 aromatic rings. The molecule has 1 N–H and O–H groups in total. The van der Waals surface area contributed by atoms with E-state index in [-0.39, 0.29) is 19.6 Å². The topological polar surface area (TPSA) is 126 Å². The lowest BCUT2D eigenvalue weighted by molar-refractivity contribution is -0.277. The molecule has 1 amide bonds. The molecular weight excluding hydrogens is 374 g/mol. The number of hydrogen-bond donors (Lipinski definition) is 1. The predicted octanol–water partition coefficient (Wildman–Crippen LogP) is -0.318. The Balaban J connectivity index is 3.23. The SMILES string of the molecule is C#CCCO[C@@H]1O[C@H](COC(C)=O)[C@H](OC(C)=O)[C@H](OC(C)=O)[C@H]1NC(C)=O. The lowest BCUT2D eigenvalue weighted by atomic mass is 9.96. The van der Waals surface area contributed by atoms with E-state index in [1.165, 1.54) is 20.8 Å². The minimum atomic E-state index is -1.15. The zero-order valence-corrected chi connectivity index (χ0v) is 16.3. The second-order valence-corrected chi connectivity index (χ2v) is 6.04. The van der Waals surface area contributed by atoms with Gasteiger partial charge in [-0.15, -0.1) is 12.3 Å². The fourth-order valence-electron chi connectivity index (χ4n) is 2.67. The first-order valence-corrected chi connectivity index (χ1v) is 8.61. The maximum absolute atomic E-state index is 11.7. The highest BCUT2D eigenvalue weighted by Crippen LogP contribution is 2.28. The first-order chi connectivity index (χ1) is 13.1. The van der Waals surface area contributed by atoms with E-state index in [2.05, 4.69) is 11.2 Å². The van der Waals surface area contributed by atoms with Crippen LogP contribution in [0.1, 0.15) is 34.1 Å². The Morgan fingerprint density at radius 2 is 1.61 bits per heavy atom. The molecule has 5 atom stereocenters. The van der Waals surface area contributed by atoms with E-state index in [4.69, 9.17) is 30.1 Å². The minimum Gasteiger partial charge on any atom is -0.463 e. The average Bonchev–Trinajstić information content (AvgIpc) is 2.57. The van der Waals surface area contributed by atoms with Crippen LogP contribution in [0.2, 0.25) is 0 Å². The standard InChI is InChI=1S/C18H25NO9/c1-6-7-8-24-18-15(19-10(2)20)17(27-13(5)23)16(26-12(4)22)14(28-18)9-25-11(3)21/h1,14-18H,7-9H2,2-5H3,(H,19,20)/t14-,15-,16+,17-,18-/m1/s1. The molecule has 1 heterocycles. The fraction of sp³-hybridized carbons (Fsp3) is 0.667. The lowest BCUT2D eigenvalue weighted by Gasteiger charge is -2.44. The summed E-state index contributed by atoms with van der Waals surface area (Å²) in [4.78, 5) is 46.1. The first-order valence-electron chi connectivity index (χ1n) is 8.61. The maximum Gasteiger partial charge on any atom is 0.303 e. The molecule has 1 saturated heterocycles. The third-order valence-electron chi connectivity index (χ3n) is 3.60. The number of hydrogen-bond acceptors (Lipinski definition) is 9. The Hall–Kier alpha value is -2.64. The summed E-state index contributed by atoms with van der Waals surface area (Å²) in [7, 11) is 0. The molecule has 0 aromatic heterocycles. The van der Waals surface area contributed by atoms with Crippen LogP contribution in [0.4, 0.5) is 0 Å². The van der Waals surface area contributed by atoms with Gasteiger partial charge in [-0.1, -0.05) is 0 Å². The molecule has 0 aromatic carbocycles. The number of amides is 1. The van der Waals surface area contributed by atoms with Crippen LogP contribution in [0.25, 0.3) is 0 Å². The van der Waals surface area contributed by atoms with E-state index >= 15 is 0 Å². The number of esters is 3. The monoisotopic (exact) mass is 399 g/mol. The van der Waals surface area contributed by atoms with Crippen molar-refractivity contribution in [3.8, 4) is 12.3 Å². The highest BCUT2D eigenvalue weighted by atomic mass is 16.7. The number of nitrogens with one attached hydrogen (secondary N) is 1. The van der Waals surface area contributed by atoms with E-state index in [1.807, 2.05) is 0 Å². The normalized spacial score (nSPS) is 26.5. The van der Waals surface area contributed by atoms with Crippen molar-refractivity contribution in [2.75, 3.05) is 13.2 Å². The fourth-order valence-corrected chi connectivity index (χ4v) is 2.67. The molecule has 0 radical (unpaired) electrons. The van der Waals surface area contributed by atoms with Crippen LogP contribution in [0.3, 0.4) is 0 Å². The van der Waals surface area contributed by atoms with Crippen molar-refractivity contribution in [2.24, 2.45) is 0 Å². The summed E-state index contributed by atoms with van der Waals surface area (Å²) in [6.07, 6.45) is 1.10. The zero-order chi connectivity index (χ0) is 21.3. The van der Waals surface area contributed by atoms with Crippen molar-refractivity contribution in [3.05, 3.63) is 0 Å². The maximum atomic E-state index is 11.7. The van der Waals surface area contributed by atoms with Crippen LogP contribution in [0.15, 0.2) is 0 Å². The van der Waals surface area contributed by atoms with Gasteiger partial charge in [-0.2, -0.15) is 0 Å². The second kappa shape index (κ2) is 11.3. The molecule has 0 bridgehead atoms. The Morgan fingerprint density at radius 1 is 1.00 bits per heavy atom. The van der Waals surface area contributed by atoms with Crippen molar-refractivity contribution in [1.29, 1.82) is 0 Å². The molecule has 0 unspecified atom stereocenters. The summed E-state index contributed by atoms with van der Waals surface area (Å²) >= 11 is 0. The van der Waals surface area contributed by atoms with Gasteiger partial charge in [0.05, 0.1) is 6.61 Å². The van der Waals surface area contributed by atoms with Crippen LogP contribution in [-0.2, 0) is 42.9 Å². The molecule has 1 rings (SSSR count). The van der Waals surface area contributed by atoms with E-state index in [0.29, 0.717) is 0 Å². The van der Waals surface area contributed by atoms with Crippen molar-refractivity contribution in [2.45, 2.75) is 64.8 Å². The van der Waals surface area contributed by atoms with Gasteiger partial charge in [-0.3, -0.25) is 19.2 Å². The van der Waals surface area contributed by atoms with Gasteiger partial charge in [0, 0.05) is 34.1 Å².